The summed E-state index contributed by atoms with van der Waals surface area (Å²) >= 11 is 0. The first kappa shape index (κ1) is 70.5. The van der Waals surface area contributed by atoms with Crippen LogP contribution in [-0.2, 0) is 18.4 Å². The van der Waals surface area contributed by atoms with Crippen molar-refractivity contribution in [2.45, 2.75) is 309 Å². The van der Waals surface area contributed by atoms with E-state index in [2.05, 4.69) is 67.8 Å². The lowest BCUT2D eigenvalue weighted by Crippen LogP contribution is -2.46. The molecular weight excluding hydrogens is 912 g/mol. The van der Waals surface area contributed by atoms with Gasteiger partial charge in [-0.2, -0.15) is 0 Å². The maximum atomic E-state index is 13.0. The Morgan fingerprint density at radius 3 is 1.24 bits per heavy atom. The molecule has 0 aromatic carbocycles. The molecule has 0 aromatic rings. The second-order valence-electron chi connectivity index (χ2n) is 22.4. The van der Waals surface area contributed by atoms with Crippen molar-refractivity contribution in [3.8, 4) is 0 Å². The number of nitrogens with one attached hydrogen (secondary N) is 1. The number of nitrogens with zero attached hydrogens (tertiary/aromatic N) is 1. The zero-order valence-corrected chi connectivity index (χ0v) is 49.3. The van der Waals surface area contributed by atoms with E-state index in [1.165, 1.54) is 205 Å². The Morgan fingerprint density at radius 2 is 0.847 bits per heavy atom. The van der Waals surface area contributed by atoms with Crippen LogP contribution in [0, 0.1) is 0 Å². The van der Waals surface area contributed by atoms with Crippen LogP contribution in [0.3, 0.4) is 0 Å². The molecule has 1 amide bonds. The molecule has 0 radical (unpaired) electrons. The zero-order chi connectivity index (χ0) is 52.7. The van der Waals surface area contributed by atoms with Crippen LogP contribution >= 0.6 is 7.82 Å². The lowest BCUT2D eigenvalue weighted by molar-refractivity contribution is -0.870. The fourth-order valence-corrected chi connectivity index (χ4v) is 9.99. The molecule has 9 heteroatoms. The van der Waals surface area contributed by atoms with E-state index in [4.69, 9.17) is 9.05 Å². The number of phosphoric ester groups is 1. The molecule has 0 aromatic heterocycles. The number of amides is 1. The number of aliphatic hydroxyl groups is 1. The highest BCUT2D eigenvalue weighted by molar-refractivity contribution is 7.45. The number of carbonyl (C=O) groups is 1. The molecule has 0 heterocycles. The van der Waals surface area contributed by atoms with E-state index in [1.54, 1.807) is 0 Å². The number of phosphoric acid groups is 1. The summed E-state index contributed by atoms with van der Waals surface area (Å²) in [6.45, 7) is 4.64. The van der Waals surface area contributed by atoms with Crippen LogP contribution in [0.2, 0.25) is 0 Å². The minimum Gasteiger partial charge on any atom is -0.756 e. The highest BCUT2D eigenvalue weighted by atomic mass is 31.2. The molecule has 2 N–H and O–H groups in total. The lowest BCUT2D eigenvalue weighted by Gasteiger charge is -2.30. The minimum absolute atomic E-state index is 0.0138. The lowest BCUT2D eigenvalue weighted by atomic mass is 10.0. The van der Waals surface area contributed by atoms with Gasteiger partial charge in [-0.25, -0.2) is 0 Å². The molecule has 72 heavy (non-hydrogen) atoms. The first-order valence-electron chi connectivity index (χ1n) is 31.0. The Bertz CT molecular complexity index is 1310. The van der Waals surface area contributed by atoms with E-state index in [0.717, 1.165) is 64.2 Å². The van der Waals surface area contributed by atoms with E-state index >= 15 is 0 Å². The summed E-state index contributed by atoms with van der Waals surface area (Å²) in [4.78, 5) is 25.5. The number of hydrogen-bond acceptors (Lipinski definition) is 6. The molecule has 0 aliphatic heterocycles. The molecule has 424 valence electrons. The van der Waals surface area contributed by atoms with Crippen LogP contribution in [0.5, 0.6) is 0 Å². The van der Waals surface area contributed by atoms with Gasteiger partial charge in [-0.3, -0.25) is 9.36 Å². The monoisotopic (exact) mass is 1030 g/mol. The number of unbranched alkanes of at least 4 members (excludes halogenated alkanes) is 36. The fraction of sp³-hybridized carbons (Fsp3) is 0.857. The van der Waals surface area contributed by atoms with Crippen molar-refractivity contribution in [2.75, 3.05) is 40.9 Å². The Labute approximate surface area is 448 Å². The number of quaternary nitrogens is 1. The first-order valence-corrected chi connectivity index (χ1v) is 32.4. The number of rotatable bonds is 57. The van der Waals surface area contributed by atoms with Crippen molar-refractivity contribution in [2.24, 2.45) is 0 Å². The Kier molecular flexibility index (Phi) is 53.1. The van der Waals surface area contributed by atoms with Crippen LogP contribution in [0.1, 0.15) is 296 Å². The van der Waals surface area contributed by atoms with Gasteiger partial charge in [0.05, 0.1) is 39.9 Å². The van der Waals surface area contributed by atoms with Crippen LogP contribution in [0.4, 0.5) is 0 Å². The van der Waals surface area contributed by atoms with Crippen molar-refractivity contribution in [1.29, 1.82) is 0 Å². The van der Waals surface area contributed by atoms with Crippen molar-refractivity contribution in [3.63, 3.8) is 0 Å². The number of carbonyl (C=O) groups excluding carboxylic acids is 1. The number of allylic oxidation sites excluding steroid dienone is 8. The summed E-state index contributed by atoms with van der Waals surface area (Å²) in [7, 11) is 1.32. The Hall–Kier alpha value is -1.54. The third-order valence-corrected chi connectivity index (χ3v) is 15.0. The molecule has 0 aliphatic rings. The van der Waals surface area contributed by atoms with Crippen molar-refractivity contribution in [1.82, 2.24) is 5.32 Å². The van der Waals surface area contributed by atoms with E-state index < -0.39 is 20.0 Å². The third-order valence-electron chi connectivity index (χ3n) is 14.1. The summed E-state index contributed by atoms with van der Waals surface area (Å²) in [5.41, 5.74) is 0. The Balaban J connectivity index is 3.95. The van der Waals surface area contributed by atoms with Crippen molar-refractivity contribution < 1.29 is 32.9 Å². The summed E-state index contributed by atoms with van der Waals surface area (Å²) in [5.74, 6) is -0.160. The molecule has 0 saturated heterocycles. The molecule has 0 saturated carbocycles. The summed E-state index contributed by atoms with van der Waals surface area (Å²) in [6, 6.07) is -0.799. The predicted octanol–water partition coefficient (Wildman–Crippen LogP) is 18.5. The molecule has 0 aliphatic carbocycles. The van der Waals surface area contributed by atoms with Gasteiger partial charge >= 0.3 is 0 Å². The van der Waals surface area contributed by atoms with Crippen LogP contribution in [0.15, 0.2) is 48.6 Å². The molecule has 0 fully saturated rings. The zero-order valence-electron chi connectivity index (χ0n) is 48.4. The van der Waals surface area contributed by atoms with Gasteiger partial charge in [-0.05, 0) is 51.4 Å². The number of hydrogen-bond donors (Lipinski definition) is 2. The predicted molar refractivity (Wildman–Crippen MR) is 311 cm³/mol. The SMILES string of the molecule is CC/C=C\C/C=C\C/C=C\C/C=C\CCCCCCCCCCCCCCCCCCCCCCCCC(=O)NC(COP(=O)([O-])OCC[N+](C)(C)C)C(O)CCCCCCCCCCCCCCCCC. The minimum atomic E-state index is -4.57. The third kappa shape index (κ3) is 56.2. The second kappa shape index (κ2) is 54.3. The van der Waals surface area contributed by atoms with Crippen LogP contribution in [0.25, 0.3) is 0 Å². The average molecular weight is 1030 g/mol. The van der Waals surface area contributed by atoms with Gasteiger partial charge < -0.3 is 28.8 Å². The van der Waals surface area contributed by atoms with Crippen molar-refractivity contribution in [3.05, 3.63) is 48.6 Å². The first-order chi connectivity index (χ1) is 35.0. The van der Waals surface area contributed by atoms with Gasteiger partial charge in [-0.15, -0.1) is 0 Å². The van der Waals surface area contributed by atoms with E-state index in [9.17, 15) is 19.4 Å². The number of likely N-dealkylation sites (N-methyl/N-ethyl adjacent to an activating group) is 1. The highest BCUT2D eigenvalue weighted by Gasteiger charge is 2.24. The molecule has 3 unspecified atom stereocenters. The van der Waals surface area contributed by atoms with Gasteiger partial charge in [0.15, 0.2) is 0 Å². The standard InChI is InChI=1S/C63H121N2O6P/c1-6-8-10-12-14-16-18-20-22-23-24-25-26-27-28-29-30-31-32-33-34-35-36-37-38-39-40-41-43-45-47-49-51-53-55-57-63(67)64-61(60-71-72(68,69)70-59-58-65(3,4)5)62(66)56-54-52-50-48-46-44-42-21-19-17-15-13-11-9-7-2/h8,10,14,16,20,22,24-25,61-62,66H,6-7,9,11-13,15,17-19,21,23,26-60H2,1-5H3,(H-,64,67,68,69)/b10-8-,16-14-,22-20-,25-24-. The molecule has 8 nitrogen and oxygen atoms in total. The molecular formula is C63H121N2O6P. The van der Waals surface area contributed by atoms with E-state index in [1.807, 2.05) is 21.1 Å². The largest absolute Gasteiger partial charge is 0.756 e. The highest BCUT2D eigenvalue weighted by Crippen LogP contribution is 2.38. The average Bonchev–Trinajstić information content (AvgIpc) is 3.34. The van der Waals surface area contributed by atoms with Crippen LogP contribution in [-0.4, -0.2) is 68.5 Å². The second-order valence-corrected chi connectivity index (χ2v) is 23.8. The maximum Gasteiger partial charge on any atom is 0.268 e. The van der Waals surface area contributed by atoms with Gasteiger partial charge in [0.25, 0.3) is 7.82 Å². The topological polar surface area (TPSA) is 108 Å². The smallest absolute Gasteiger partial charge is 0.268 e. The van der Waals surface area contributed by atoms with E-state index in [-0.39, 0.29) is 19.1 Å². The molecule has 0 bridgehead atoms. The van der Waals surface area contributed by atoms with Crippen molar-refractivity contribution >= 4 is 13.7 Å². The molecule has 0 rings (SSSR count). The summed E-state index contributed by atoms with van der Waals surface area (Å²) < 4.78 is 23.4. The van der Waals surface area contributed by atoms with Gasteiger partial charge in [-0.1, -0.05) is 287 Å². The fourth-order valence-electron chi connectivity index (χ4n) is 9.27. The van der Waals surface area contributed by atoms with Gasteiger partial charge in [0.1, 0.15) is 13.2 Å². The Morgan fingerprint density at radius 1 is 0.500 bits per heavy atom. The normalized spacial score (nSPS) is 14.2. The van der Waals surface area contributed by atoms with Gasteiger partial charge in [0, 0.05) is 6.42 Å². The number of aliphatic hydroxyl groups excluding tert-OH is 1. The quantitative estimate of drug-likeness (QED) is 0.0272. The maximum absolute atomic E-state index is 13.0. The van der Waals surface area contributed by atoms with E-state index in [0.29, 0.717) is 23.9 Å². The van der Waals surface area contributed by atoms with Crippen LogP contribution < -0.4 is 10.2 Å². The molecule has 3 atom stereocenters. The summed E-state index contributed by atoms with van der Waals surface area (Å²) in [5, 5.41) is 14.0. The summed E-state index contributed by atoms with van der Waals surface area (Å²) in [6.07, 6.45) is 71.7. The van der Waals surface area contributed by atoms with Gasteiger partial charge in [0.2, 0.25) is 5.91 Å². The molecule has 0 spiro atoms.